The Morgan fingerprint density at radius 1 is 1.30 bits per heavy atom. The maximum Gasteiger partial charge on any atom is 0.253 e. The van der Waals surface area contributed by atoms with Crippen molar-refractivity contribution in [1.82, 2.24) is 20.3 Å². The van der Waals surface area contributed by atoms with Gasteiger partial charge in [0.25, 0.3) is 5.91 Å². The van der Waals surface area contributed by atoms with E-state index < -0.39 is 0 Å². The van der Waals surface area contributed by atoms with Crippen LogP contribution in [0.5, 0.6) is 0 Å². The zero-order valence-corrected chi connectivity index (χ0v) is 15.9. The topological polar surface area (TPSA) is 82.7 Å². The van der Waals surface area contributed by atoms with Crippen LogP contribution in [-0.2, 0) is 12.8 Å². The first-order chi connectivity index (χ1) is 13.1. The Morgan fingerprint density at radius 3 is 2.93 bits per heavy atom. The second-order valence-electron chi connectivity index (χ2n) is 6.43. The van der Waals surface area contributed by atoms with Crippen LogP contribution in [0.25, 0.3) is 22.6 Å². The molecule has 7 heteroatoms. The highest BCUT2D eigenvalue weighted by Crippen LogP contribution is 2.35. The van der Waals surface area contributed by atoms with Crippen molar-refractivity contribution in [3.63, 3.8) is 0 Å². The first-order valence-electron chi connectivity index (χ1n) is 8.94. The summed E-state index contributed by atoms with van der Waals surface area (Å²) in [6.45, 7) is 2.92. The van der Waals surface area contributed by atoms with E-state index in [4.69, 9.17) is 11.6 Å². The van der Waals surface area contributed by atoms with E-state index in [0.717, 1.165) is 59.0 Å². The number of carbonyl (C=O) groups excluding carboxylic acids is 1. The Kier molecular flexibility index (Phi) is 4.58. The van der Waals surface area contributed by atoms with Crippen LogP contribution in [0.1, 0.15) is 28.4 Å². The lowest BCUT2D eigenvalue weighted by atomic mass is 10.00. The minimum absolute atomic E-state index is 0.154. The predicted octanol–water partition coefficient (Wildman–Crippen LogP) is 3.68. The second-order valence-corrected chi connectivity index (χ2v) is 6.87. The van der Waals surface area contributed by atoms with Gasteiger partial charge in [-0.2, -0.15) is 0 Å². The van der Waals surface area contributed by atoms with Crippen molar-refractivity contribution in [1.29, 1.82) is 0 Å². The van der Waals surface area contributed by atoms with Crippen LogP contribution in [0.4, 0.5) is 5.82 Å². The summed E-state index contributed by atoms with van der Waals surface area (Å²) in [5, 5.41) is 6.62. The molecule has 2 aromatic heterocycles. The van der Waals surface area contributed by atoms with E-state index >= 15 is 0 Å². The number of aryl methyl sites for hydroxylation is 1. The van der Waals surface area contributed by atoms with Crippen LogP contribution < -0.4 is 10.6 Å². The summed E-state index contributed by atoms with van der Waals surface area (Å²) in [6, 6.07) is 7.62. The van der Waals surface area contributed by atoms with Crippen molar-refractivity contribution in [3.8, 4) is 22.6 Å². The van der Waals surface area contributed by atoms with Crippen LogP contribution in [0.15, 0.2) is 30.6 Å². The van der Waals surface area contributed by atoms with E-state index in [9.17, 15) is 4.79 Å². The lowest BCUT2D eigenvalue weighted by Gasteiger charge is -2.09. The summed E-state index contributed by atoms with van der Waals surface area (Å²) < 4.78 is 0. The molecule has 0 bridgehead atoms. The number of H-pyrrole nitrogens is 1. The van der Waals surface area contributed by atoms with E-state index in [1.807, 2.05) is 24.3 Å². The number of carbonyl (C=O) groups is 1. The molecule has 6 nitrogen and oxygen atoms in total. The van der Waals surface area contributed by atoms with Crippen molar-refractivity contribution in [3.05, 3.63) is 52.3 Å². The van der Waals surface area contributed by atoms with Gasteiger partial charge in [0.05, 0.1) is 22.6 Å². The molecule has 4 rings (SSSR count). The highest BCUT2D eigenvalue weighted by molar-refractivity contribution is 6.31. The molecular weight excluding hydrogens is 362 g/mol. The standard InChI is InChI=1S/C20H20ClN5O/c1-3-11-4-5-12(21)8-14(11)17-15(20(27)22-2)9-16(26-17)18-13-6-7-23-19(13)25-10-24-18/h4-5,8-10,26H,3,6-7H2,1-2H3,(H,22,27)(H,23,24,25). The maximum absolute atomic E-state index is 12.6. The number of nitrogens with one attached hydrogen (secondary N) is 3. The fourth-order valence-electron chi connectivity index (χ4n) is 3.54. The lowest BCUT2D eigenvalue weighted by molar-refractivity contribution is 0.0964. The minimum Gasteiger partial charge on any atom is -0.369 e. The van der Waals surface area contributed by atoms with Crippen molar-refractivity contribution in [2.75, 3.05) is 18.9 Å². The molecule has 3 heterocycles. The van der Waals surface area contributed by atoms with Gasteiger partial charge in [0.1, 0.15) is 12.1 Å². The average molecular weight is 382 g/mol. The van der Waals surface area contributed by atoms with Crippen LogP contribution in [-0.4, -0.2) is 34.5 Å². The fraction of sp³-hybridized carbons (Fsp3) is 0.250. The number of hydrogen-bond donors (Lipinski definition) is 3. The predicted molar refractivity (Wildman–Crippen MR) is 107 cm³/mol. The minimum atomic E-state index is -0.154. The highest BCUT2D eigenvalue weighted by Gasteiger charge is 2.23. The quantitative estimate of drug-likeness (QED) is 0.643. The molecule has 0 radical (unpaired) electrons. The zero-order chi connectivity index (χ0) is 19.0. The van der Waals surface area contributed by atoms with Gasteiger partial charge in [0.2, 0.25) is 0 Å². The number of fused-ring (bicyclic) bond motifs is 1. The van der Waals surface area contributed by atoms with Gasteiger partial charge in [0, 0.05) is 29.7 Å². The number of aromatic nitrogens is 3. The Hall–Kier alpha value is -2.86. The summed E-state index contributed by atoms with van der Waals surface area (Å²) >= 11 is 6.25. The van der Waals surface area contributed by atoms with Gasteiger partial charge >= 0.3 is 0 Å². The number of halogens is 1. The summed E-state index contributed by atoms with van der Waals surface area (Å²) in [4.78, 5) is 24.7. The molecular formula is C20H20ClN5O. The molecule has 1 aliphatic rings. The first kappa shape index (κ1) is 17.5. The molecule has 1 amide bonds. The summed E-state index contributed by atoms with van der Waals surface area (Å²) in [6.07, 6.45) is 3.23. The van der Waals surface area contributed by atoms with E-state index in [0.29, 0.717) is 10.6 Å². The number of nitrogens with zero attached hydrogens (tertiary/aromatic N) is 2. The molecule has 0 saturated carbocycles. The molecule has 3 aromatic rings. The zero-order valence-electron chi connectivity index (χ0n) is 15.2. The van der Waals surface area contributed by atoms with E-state index in [-0.39, 0.29) is 5.91 Å². The summed E-state index contributed by atoms with van der Waals surface area (Å²) in [7, 11) is 1.63. The Labute approximate surface area is 162 Å². The molecule has 1 aromatic carbocycles. The number of aromatic amines is 1. The highest BCUT2D eigenvalue weighted by atomic mass is 35.5. The van der Waals surface area contributed by atoms with Crippen molar-refractivity contribution < 1.29 is 4.79 Å². The van der Waals surface area contributed by atoms with Crippen LogP contribution >= 0.6 is 11.6 Å². The van der Waals surface area contributed by atoms with Crippen LogP contribution in [0.3, 0.4) is 0 Å². The molecule has 0 atom stereocenters. The van der Waals surface area contributed by atoms with Crippen molar-refractivity contribution >= 4 is 23.3 Å². The molecule has 0 fully saturated rings. The molecule has 3 N–H and O–H groups in total. The third-order valence-corrected chi connectivity index (χ3v) is 5.11. The van der Waals surface area contributed by atoms with Crippen LogP contribution in [0, 0.1) is 0 Å². The van der Waals surface area contributed by atoms with Gasteiger partial charge in [-0.3, -0.25) is 4.79 Å². The summed E-state index contributed by atoms with van der Waals surface area (Å²) in [5.41, 5.74) is 6.06. The fourth-order valence-corrected chi connectivity index (χ4v) is 3.71. The number of benzene rings is 1. The molecule has 0 aliphatic carbocycles. The van der Waals surface area contributed by atoms with Gasteiger partial charge in [-0.25, -0.2) is 9.97 Å². The normalized spacial score (nSPS) is 12.6. The van der Waals surface area contributed by atoms with Gasteiger partial charge < -0.3 is 15.6 Å². The monoisotopic (exact) mass is 381 g/mol. The van der Waals surface area contributed by atoms with E-state index in [1.165, 1.54) is 0 Å². The Balaban J connectivity index is 1.92. The third-order valence-electron chi connectivity index (χ3n) is 4.88. The van der Waals surface area contributed by atoms with Crippen LogP contribution in [0.2, 0.25) is 5.02 Å². The summed E-state index contributed by atoms with van der Waals surface area (Å²) in [5.74, 6) is 0.702. The van der Waals surface area contributed by atoms with Gasteiger partial charge in [-0.15, -0.1) is 0 Å². The van der Waals surface area contributed by atoms with E-state index in [1.54, 1.807) is 13.4 Å². The van der Waals surface area contributed by atoms with Gasteiger partial charge in [-0.05, 0) is 36.6 Å². The average Bonchev–Trinajstić information content (AvgIpc) is 3.34. The number of rotatable bonds is 4. The van der Waals surface area contributed by atoms with Gasteiger partial charge in [0.15, 0.2) is 0 Å². The largest absolute Gasteiger partial charge is 0.369 e. The third kappa shape index (κ3) is 3.06. The van der Waals surface area contributed by atoms with E-state index in [2.05, 4.69) is 32.5 Å². The molecule has 1 aliphatic heterocycles. The molecule has 0 spiro atoms. The molecule has 0 saturated heterocycles. The Morgan fingerprint density at radius 2 is 2.15 bits per heavy atom. The molecule has 0 unspecified atom stereocenters. The maximum atomic E-state index is 12.6. The van der Waals surface area contributed by atoms with Crippen molar-refractivity contribution in [2.24, 2.45) is 0 Å². The SMILES string of the molecule is CCc1ccc(Cl)cc1-c1[nH]c(-c2ncnc3c2CCN3)cc1C(=O)NC. The first-order valence-corrected chi connectivity index (χ1v) is 9.32. The Bertz CT molecular complexity index is 1030. The second kappa shape index (κ2) is 7.04. The smallest absolute Gasteiger partial charge is 0.253 e. The number of amides is 1. The molecule has 27 heavy (non-hydrogen) atoms. The number of anilines is 1. The molecule has 138 valence electrons. The van der Waals surface area contributed by atoms with Crippen molar-refractivity contribution in [2.45, 2.75) is 19.8 Å². The van der Waals surface area contributed by atoms with Gasteiger partial charge in [-0.1, -0.05) is 24.6 Å². The number of hydrogen-bond acceptors (Lipinski definition) is 4. The lowest BCUT2D eigenvalue weighted by Crippen LogP contribution is -2.18.